The van der Waals surface area contributed by atoms with Gasteiger partial charge in [-0.25, -0.2) is 8.42 Å². The number of aliphatic hydroxyl groups excluding tert-OH is 1. The number of hydrogen-bond acceptors (Lipinski definition) is 5. The second kappa shape index (κ2) is 7.03. The number of ether oxygens (including phenoxy) is 1. The number of rotatable bonds is 6. The van der Waals surface area contributed by atoms with Gasteiger partial charge in [0.2, 0.25) is 10.0 Å². The highest BCUT2D eigenvalue weighted by Gasteiger charge is 2.39. The van der Waals surface area contributed by atoms with Crippen LogP contribution in [0.3, 0.4) is 0 Å². The fourth-order valence-corrected chi connectivity index (χ4v) is 4.30. The SMILES string of the molecule is CC(C)O[C@H]1CN(S(=O)(=O)c2ccc(C(=O)NC3CC3)cc2)C[C@@H]1O. The molecule has 1 aliphatic heterocycles. The molecule has 1 saturated carbocycles. The van der Waals surface area contributed by atoms with Crippen LogP contribution in [0.4, 0.5) is 0 Å². The van der Waals surface area contributed by atoms with Crippen molar-refractivity contribution in [3.63, 3.8) is 0 Å². The lowest BCUT2D eigenvalue weighted by atomic mass is 10.2. The molecule has 0 radical (unpaired) electrons. The van der Waals surface area contributed by atoms with Gasteiger partial charge in [-0.1, -0.05) is 0 Å². The summed E-state index contributed by atoms with van der Waals surface area (Å²) in [5.74, 6) is -0.187. The van der Waals surface area contributed by atoms with Gasteiger partial charge < -0.3 is 15.2 Å². The summed E-state index contributed by atoms with van der Waals surface area (Å²) in [6.45, 7) is 3.81. The number of hydrogen-bond donors (Lipinski definition) is 2. The maximum absolute atomic E-state index is 12.7. The van der Waals surface area contributed by atoms with Crippen LogP contribution in [0, 0.1) is 0 Å². The topological polar surface area (TPSA) is 95.9 Å². The van der Waals surface area contributed by atoms with E-state index in [4.69, 9.17) is 4.74 Å². The molecule has 2 fully saturated rings. The number of nitrogens with one attached hydrogen (secondary N) is 1. The predicted molar refractivity (Wildman–Crippen MR) is 91.7 cm³/mol. The summed E-state index contributed by atoms with van der Waals surface area (Å²) >= 11 is 0. The van der Waals surface area contributed by atoms with E-state index in [-0.39, 0.29) is 36.0 Å². The number of carbonyl (C=O) groups is 1. The number of amides is 1. The van der Waals surface area contributed by atoms with Crippen molar-refractivity contribution >= 4 is 15.9 Å². The average molecular weight is 368 g/mol. The van der Waals surface area contributed by atoms with Crippen LogP contribution < -0.4 is 5.32 Å². The minimum absolute atomic E-state index is 0.00361. The predicted octanol–water partition coefficient (Wildman–Crippen LogP) is 0.738. The Morgan fingerprint density at radius 3 is 2.44 bits per heavy atom. The summed E-state index contributed by atoms with van der Waals surface area (Å²) in [5.41, 5.74) is 0.438. The largest absolute Gasteiger partial charge is 0.389 e. The van der Waals surface area contributed by atoms with Crippen molar-refractivity contribution in [3.8, 4) is 0 Å². The zero-order valence-electron chi connectivity index (χ0n) is 14.4. The third-order valence-electron chi connectivity index (χ3n) is 4.32. The molecule has 1 saturated heterocycles. The van der Waals surface area contributed by atoms with Gasteiger partial charge in [-0.3, -0.25) is 4.79 Å². The van der Waals surface area contributed by atoms with Crippen molar-refractivity contribution in [3.05, 3.63) is 29.8 Å². The van der Waals surface area contributed by atoms with E-state index in [0.717, 1.165) is 12.8 Å². The highest BCUT2D eigenvalue weighted by Crippen LogP contribution is 2.24. The molecule has 2 atom stereocenters. The van der Waals surface area contributed by atoms with Crippen LogP contribution in [0.2, 0.25) is 0 Å². The van der Waals surface area contributed by atoms with Crippen LogP contribution in [-0.4, -0.2) is 61.2 Å². The normalized spacial score (nSPS) is 24.6. The monoisotopic (exact) mass is 368 g/mol. The molecule has 3 rings (SSSR count). The number of aliphatic hydroxyl groups is 1. The lowest BCUT2D eigenvalue weighted by molar-refractivity contribution is -0.0391. The third kappa shape index (κ3) is 4.20. The summed E-state index contributed by atoms with van der Waals surface area (Å²) < 4.78 is 32.3. The van der Waals surface area contributed by atoms with Gasteiger partial charge in [0.1, 0.15) is 0 Å². The Morgan fingerprint density at radius 2 is 1.88 bits per heavy atom. The van der Waals surface area contributed by atoms with Gasteiger partial charge in [-0.2, -0.15) is 4.31 Å². The fraction of sp³-hybridized carbons (Fsp3) is 0.588. The van der Waals surface area contributed by atoms with E-state index in [0.29, 0.717) is 5.56 Å². The fourth-order valence-electron chi connectivity index (χ4n) is 2.83. The van der Waals surface area contributed by atoms with Gasteiger partial charge in [-0.15, -0.1) is 0 Å². The second-order valence-corrected chi connectivity index (χ2v) is 8.82. The van der Waals surface area contributed by atoms with Crippen LogP contribution in [0.15, 0.2) is 29.2 Å². The number of benzene rings is 1. The van der Waals surface area contributed by atoms with Gasteiger partial charge in [0.05, 0.1) is 23.2 Å². The maximum Gasteiger partial charge on any atom is 0.251 e. The Kier molecular flexibility index (Phi) is 5.15. The molecular formula is C17H24N2O5S. The molecule has 0 aromatic heterocycles. The van der Waals surface area contributed by atoms with Crippen molar-refractivity contribution in [1.82, 2.24) is 9.62 Å². The first-order chi connectivity index (χ1) is 11.8. The summed E-state index contributed by atoms with van der Waals surface area (Å²) in [6.07, 6.45) is 0.523. The maximum atomic E-state index is 12.7. The van der Waals surface area contributed by atoms with E-state index >= 15 is 0 Å². The van der Waals surface area contributed by atoms with Crippen molar-refractivity contribution in [2.75, 3.05) is 13.1 Å². The minimum atomic E-state index is -3.73. The summed E-state index contributed by atoms with van der Waals surface area (Å²) in [5, 5.41) is 12.9. The van der Waals surface area contributed by atoms with E-state index in [2.05, 4.69) is 5.32 Å². The lowest BCUT2D eigenvalue weighted by Gasteiger charge is -2.18. The van der Waals surface area contributed by atoms with Gasteiger partial charge in [0, 0.05) is 24.7 Å². The smallest absolute Gasteiger partial charge is 0.251 e. The Labute approximate surface area is 148 Å². The molecule has 8 heteroatoms. The summed E-state index contributed by atoms with van der Waals surface area (Å²) in [6, 6.07) is 6.14. The Morgan fingerprint density at radius 1 is 1.24 bits per heavy atom. The molecule has 1 heterocycles. The molecule has 0 spiro atoms. The molecule has 1 aliphatic carbocycles. The van der Waals surface area contributed by atoms with E-state index in [1.165, 1.54) is 28.6 Å². The van der Waals surface area contributed by atoms with Crippen LogP contribution >= 0.6 is 0 Å². The lowest BCUT2D eigenvalue weighted by Crippen LogP contribution is -2.31. The van der Waals surface area contributed by atoms with Crippen LogP contribution in [0.25, 0.3) is 0 Å². The van der Waals surface area contributed by atoms with Gasteiger partial charge in [-0.05, 0) is 51.0 Å². The molecule has 0 unspecified atom stereocenters. The van der Waals surface area contributed by atoms with Crippen LogP contribution in [-0.2, 0) is 14.8 Å². The van der Waals surface area contributed by atoms with E-state index in [1.54, 1.807) is 0 Å². The van der Waals surface area contributed by atoms with Crippen molar-refractivity contribution < 1.29 is 23.1 Å². The van der Waals surface area contributed by atoms with Crippen molar-refractivity contribution in [2.24, 2.45) is 0 Å². The first-order valence-corrected chi connectivity index (χ1v) is 9.96. The van der Waals surface area contributed by atoms with Crippen molar-refractivity contribution in [2.45, 2.75) is 55.9 Å². The molecule has 1 amide bonds. The molecule has 138 valence electrons. The zero-order valence-corrected chi connectivity index (χ0v) is 15.2. The highest BCUT2D eigenvalue weighted by molar-refractivity contribution is 7.89. The average Bonchev–Trinajstić information content (AvgIpc) is 3.29. The number of nitrogens with zero attached hydrogens (tertiary/aromatic N) is 1. The van der Waals surface area contributed by atoms with Gasteiger partial charge in [0.25, 0.3) is 5.91 Å². The zero-order chi connectivity index (χ0) is 18.2. The molecule has 2 N–H and O–H groups in total. The number of β-amino-alcohol motifs (C(OH)–C–C–N with tert-alkyl or cyclic N) is 1. The first-order valence-electron chi connectivity index (χ1n) is 8.52. The highest BCUT2D eigenvalue weighted by atomic mass is 32.2. The molecule has 1 aromatic carbocycles. The van der Waals surface area contributed by atoms with Crippen LogP contribution in [0.5, 0.6) is 0 Å². The molecule has 1 aromatic rings. The quantitative estimate of drug-likeness (QED) is 0.772. The molecule has 2 aliphatic rings. The standard InChI is InChI=1S/C17H24N2O5S/c1-11(2)24-16-10-19(9-15(16)20)25(22,23)14-7-3-12(4-8-14)17(21)18-13-5-6-13/h3-4,7-8,11,13,15-16,20H,5-6,9-10H2,1-2H3,(H,18,21)/t15-,16-/m0/s1. The van der Waals surface area contributed by atoms with E-state index in [1.807, 2.05) is 13.8 Å². The molecular weight excluding hydrogens is 344 g/mol. The van der Waals surface area contributed by atoms with E-state index in [9.17, 15) is 18.3 Å². The Hall–Kier alpha value is -1.48. The molecule has 25 heavy (non-hydrogen) atoms. The van der Waals surface area contributed by atoms with E-state index < -0.39 is 22.2 Å². The summed E-state index contributed by atoms with van der Waals surface area (Å²) in [7, 11) is -3.73. The summed E-state index contributed by atoms with van der Waals surface area (Å²) in [4.78, 5) is 12.1. The number of carbonyl (C=O) groups excluding carboxylic acids is 1. The van der Waals surface area contributed by atoms with Gasteiger partial charge in [0.15, 0.2) is 0 Å². The Balaban J connectivity index is 1.70. The number of sulfonamides is 1. The third-order valence-corrected chi connectivity index (χ3v) is 6.16. The minimum Gasteiger partial charge on any atom is -0.389 e. The van der Waals surface area contributed by atoms with Gasteiger partial charge >= 0.3 is 0 Å². The van der Waals surface area contributed by atoms with Crippen LogP contribution in [0.1, 0.15) is 37.0 Å². The molecule has 0 bridgehead atoms. The second-order valence-electron chi connectivity index (χ2n) is 6.88. The Bertz CT molecular complexity index is 728. The first kappa shape index (κ1) is 18.3. The van der Waals surface area contributed by atoms with Crippen molar-refractivity contribution in [1.29, 1.82) is 0 Å². The molecule has 7 nitrogen and oxygen atoms in total.